The highest BCUT2D eigenvalue weighted by Crippen LogP contribution is 2.24. The number of nitrogens with zero attached hydrogens (tertiary/aromatic N) is 3. The van der Waals surface area contributed by atoms with Crippen LogP contribution >= 0.6 is 0 Å². The Morgan fingerprint density at radius 1 is 1.00 bits per heavy atom. The lowest BCUT2D eigenvalue weighted by Crippen LogP contribution is -2.07. The first-order valence-electron chi connectivity index (χ1n) is 7.33. The highest BCUT2D eigenvalue weighted by atomic mass is 16.6. The molecule has 3 rings (SSSR count). The van der Waals surface area contributed by atoms with Crippen molar-refractivity contribution in [2.24, 2.45) is 0 Å². The summed E-state index contributed by atoms with van der Waals surface area (Å²) < 4.78 is 0. The van der Waals surface area contributed by atoms with E-state index in [0.717, 1.165) is 11.3 Å². The number of aromatic nitrogens is 2. The van der Waals surface area contributed by atoms with Crippen LogP contribution in [0.1, 0.15) is 5.56 Å². The molecule has 0 aliphatic heterocycles. The van der Waals surface area contributed by atoms with Crippen LogP contribution in [0.4, 0.5) is 23.1 Å². The van der Waals surface area contributed by atoms with E-state index in [-0.39, 0.29) is 11.5 Å². The molecule has 0 saturated heterocycles. The van der Waals surface area contributed by atoms with E-state index < -0.39 is 4.92 Å². The molecule has 2 aromatic carbocycles. The Hall–Kier alpha value is -3.48. The van der Waals surface area contributed by atoms with Crippen molar-refractivity contribution >= 4 is 23.1 Å². The number of nitrogens with one attached hydrogen (secondary N) is 2. The molecule has 0 unspecified atom stereocenters. The van der Waals surface area contributed by atoms with Crippen molar-refractivity contribution in [3.05, 3.63) is 82.5 Å². The van der Waals surface area contributed by atoms with Gasteiger partial charge in [0.1, 0.15) is 6.20 Å². The van der Waals surface area contributed by atoms with Gasteiger partial charge in [-0.1, -0.05) is 48.5 Å². The van der Waals surface area contributed by atoms with E-state index in [4.69, 9.17) is 0 Å². The molecular weight excluding hydrogens is 306 g/mol. The largest absolute Gasteiger partial charge is 0.360 e. The minimum atomic E-state index is -0.500. The lowest BCUT2D eigenvalue weighted by atomic mass is 10.2. The molecule has 0 saturated carbocycles. The second-order valence-electron chi connectivity index (χ2n) is 5.01. The van der Waals surface area contributed by atoms with Crippen molar-refractivity contribution < 1.29 is 4.92 Å². The SMILES string of the molecule is O=[N+]([O-])c1cnc(Nc2ccccc2)nc1NCc1ccccc1. The van der Waals surface area contributed by atoms with Crippen LogP contribution in [-0.2, 0) is 6.54 Å². The molecular formula is C17H15N5O2. The third-order valence-corrected chi connectivity index (χ3v) is 3.30. The molecule has 0 radical (unpaired) electrons. The molecule has 2 N–H and O–H groups in total. The second-order valence-corrected chi connectivity index (χ2v) is 5.01. The maximum Gasteiger partial charge on any atom is 0.329 e. The molecule has 1 heterocycles. The van der Waals surface area contributed by atoms with Gasteiger partial charge < -0.3 is 10.6 Å². The molecule has 0 aliphatic carbocycles. The van der Waals surface area contributed by atoms with E-state index in [0.29, 0.717) is 12.5 Å². The van der Waals surface area contributed by atoms with E-state index in [1.165, 1.54) is 6.20 Å². The fourth-order valence-electron chi connectivity index (χ4n) is 2.13. The molecule has 3 aromatic rings. The minimum Gasteiger partial charge on any atom is -0.360 e. The van der Waals surface area contributed by atoms with E-state index in [1.807, 2.05) is 60.7 Å². The van der Waals surface area contributed by atoms with E-state index in [1.54, 1.807) is 0 Å². The summed E-state index contributed by atoms with van der Waals surface area (Å²) in [5.41, 5.74) is 1.65. The van der Waals surface area contributed by atoms with E-state index in [2.05, 4.69) is 20.6 Å². The van der Waals surface area contributed by atoms with Gasteiger partial charge in [0, 0.05) is 12.2 Å². The summed E-state index contributed by atoms with van der Waals surface area (Å²) in [6.45, 7) is 0.434. The summed E-state index contributed by atoms with van der Waals surface area (Å²) >= 11 is 0. The highest BCUT2D eigenvalue weighted by Gasteiger charge is 2.17. The smallest absolute Gasteiger partial charge is 0.329 e. The zero-order valence-electron chi connectivity index (χ0n) is 12.7. The first-order valence-corrected chi connectivity index (χ1v) is 7.33. The van der Waals surface area contributed by atoms with Gasteiger partial charge >= 0.3 is 5.69 Å². The van der Waals surface area contributed by atoms with Crippen molar-refractivity contribution in [1.29, 1.82) is 0 Å². The Bertz CT molecular complexity index is 825. The lowest BCUT2D eigenvalue weighted by molar-refractivity contribution is -0.384. The monoisotopic (exact) mass is 321 g/mol. The molecule has 7 heteroatoms. The summed E-state index contributed by atoms with van der Waals surface area (Å²) in [5, 5.41) is 17.2. The second kappa shape index (κ2) is 7.19. The van der Waals surface area contributed by atoms with Crippen LogP contribution in [0, 0.1) is 10.1 Å². The summed E-state index contributed by atoms with van der Waals surface area (Å²) in [5.74, 6) is 0.472. The average molecular weight is 321 g/mol. The maximum absolute atomic E-state index is 11.2. The fourth-order valence-corrected chi connectivity index (χ4v) is 2.13. The van der Waals surface area contributed by atoms with Crippen LogP contribution in [0.3, 0.4) is 0 Å². The van der Waals surface area contributed by atoms with Crippen molar-refractivity contribution in [2.75, 3.05) is 10.6 Å². The van der Waals surface area contributed by atoms with Gasteiger partial charge in [-0.3, -0.25) is 10.1 Å². The number of rotatable bonds is 6. The molecule has 0 aliphatic rings. The van der Waals surface area contributed by atoms with Gasteiger partial charge in [-0.05, 0) is 17.7 Å². The van der Waals surface area contributed by atoms with Crippen molar-refractivity contribution in [1.82, 2.24) is 9.97 Å². The zero-order chi connectivity index (χ0) is 16.8. The van der Waals surface area contributed by atoms with Gasteiger partial charge in [0.15, 0.2) is 0 Å². The van der Waals surface area contributed by atoms with E-state index >= 15 is 0 Å². The Morgan fingerprint density at radius 2 is 1.67 bits per heavy atom. The third kappa shape index (κ3) is 3.83. The van der Waals surface area contributed by atoms with Gasteiger partial charge in [-0.15, -0.1) is 0 Å². The van der Waals surface area contributed by atoms with Crippen molar-refractivity contribution in [2.45, 2.75) is 6.54 Å². The van der Waals surface area contributed by atoms with Crippen LogP contribution in [0.25, 0.3) is 0 Å². The predicted octanol–water partition coefficient (Wildman–Crippen LogP) is 3.74. The summed E-state index contributed by atoms with van der Waals surface area (Å²) in [7, 11) is 0. The lowest BCUT2D eigenvalue weighted by Gasteiger charge is -2.09. The first kappa shape index (κ1) is 15.4. The number of anilines is 3. The summed E-state index contributed by atoms with van der Waals surface area (Å²) in [6.07, 6.45) is 1.20. The molecule has 0 spiro atoms. The minimum absolute atomic E-state index is 0.162. The Morgan fingerprint density at radius 3 is 2.33 bits per heavy atom. The molecule has 0 fully saturated rings. The summed E-state index contributed by atoms with van der Waals surface area (Å²) in [6, 6.07) is 19.0. The van der Waals surface area contributed by atoms with Gasteiger partial charge in [0.2, 0.25) is 11.8 Å². The number of hydrogen-bond acceptors (Lipinski definition) is 6. The van der Waals surface area contributed by atoms with Gasteiger partial charge in [-0.25, -0.2) is 4.98 Å². The molecule has 120 valence electrons. The van der Waals surface area contributed by atoms with Gasteiger partial charge in [0.05, 0.1) is 4.92 Å². The first-order chi connectivity index (χ1) is 11.7. The van der Waals surface area contributed by atoms with E-state index in [9.17, 15) is 10.1 Å². The zero-order valence-corrected chi connectivity index (χ0v) is 12.7. The molecule has 1 aromatic heterocycles. The van der Waals surface area contributed by atoms with Crippen LogP contribution in [0.5, 0.6) is 0 Å². The fraction of sp³-hybridized carbons (Fsp3) is 0.0588. The third-order valence-electron chi connectivity index (χ3n) is 3.30. The number of para-hydroxylation sites is 1. The average Bonchev–Trinajstić information content (AvgIpc) is 2.61. The molecule has 24 heavy (non-hydrogen) atoms. The normalized spacial score (nSPS) is 10.2. The predicted molar refractivity (Wildman–Crippen MR) is 92.2 cm³/mol. The topological polar surface area (TPSA) is 93.0 Å². The van der Waals surface area contributed by atoms with Crippen molar-refractivity contribution in [3.63, 3.8) is 0 Å². The number of hydrogen-bond donors (Lipinski definition) is 2. The number of nitro groups is 1. The van der Waals surface area contributed by atoms with Crippen LogP contribution in [0.15, 0.2) is 66.9 Å². The highest BCUT2D eigenvalue weighted by molar-refractivity contribution is 5.60. The summed E-state index contributed by atoms with van der Waals surface area (Å²) in [4.78, 5) is 18.9. The standard InChI is InChI=1S/C17H15N5O2/c23-22(24)15-12-19-17(20-14-9-5-2-6-10-14)21-16(15)18-11-13-7-3-1-4-8-13/h1-10,12H,11H2,(H2,18,19,20,21). The molecule has 0 amide bonds. The van der Waals surface area contributed by atoms with Gasteiger partial charge in [0.25, 0.3) is 0 Å². The maximum atomic E-state index is 11.2. The van der Waals surface area contributed by atoms with Crippen LogP contribution in [0.2, 0.25) is 0 Å². The molecule has 7 nitrogen and oxygen atoms in total. The molecule has 0 atom stereocenters. The Balaban J connectivity index is 1.82. The molecule has 0 bridgehead atoms. The number of benzene rings is 2. The Kier molecular flexibility index (Phi) is 4.62. The van der Waals surface area contributed by atoms with Crippen LogP contribution in [-0.4, -0.2) is 14.9 Å². The quantitative estimate of drug-likeness (QED) is 0.530. The van der Waals surface area contributed by atoms with Gasteiger partial charge in [-0.2, -0.15) is 4.98 Å². The Labute approximate surface area is 138 Å². The van der Waals surface area contributed by atoms with Crippen LogP contribution < -0.4 is 10.6 Å². The van der Waals surface area contributed by atoms with Crippen molar-refractivity contribution in [3.8, 4) is 0 Å².